The van der Waals surface area contributed by atoms with Gasteiger partial charge in [0.05, 0.1) is 0 Å². The van der Waals surface area contributed by atoms with Gasteiger partial charge in [0, 0.05) is 25.6 Å². The molecular formula is C13H28N2O. The van der Waals surface area contributed by atoms with E-state index in [0.29, 0.717) is 5.92 Å². The summed E-state index contributed by atoms with van der Waals surface area (Å²) in [5.41, 5.74) is -0.264. The van der Waals surface area contributed by atoms with Gasteiger partial charge >= 0.3 is 0 Å². The van der Waals surface area contributed by atoms with Gasteiger partial charge in [-0.3, -0.25) is 4.79 Å². The third-order valence-corrected chi connectivity index (χ3v) is 2.62. The third kappa shape index (κ3) is 6.11. The molecule has 0 fully saturated rings. The smallest absolute Gasteiger partial charge is 0.227 e. The zero-order chi connectivity index (χ0) is 12.9. The van der Waals surface area contributed by atoms with E-state index in [1.807, 2.05) is 32.7 Å². The Bertz CT molecular complexity index is 218. The number of amides is 1. The van der Waals surface area contributed by atoms with Crippen molar-refractivity contribution in [1.82, 2.24) is 9.80 Å². The van der Waals surface area contributed by atoms with Crippen molar-refractivity contribution in [3.63, 3.8) is 0 Å². The Labute approximate surface area is 101 Å². The molecule has 1 amide bonds. The van der Waals surface area contributed by atoms with Gasteiger partial charge in [-0.2, -0.15) is 0 Å². The van der Waals surface area contributed by atoms with Gasteiger partial charge in [0.1, 0.15) is 0 Å². The van der Waals surface area contributed by atoms with Crippen molar-refractivity contribution in [2.75, 3.05) is 34.2 Å². The molecule has 3 nitrogen and oxygen atoms in total. The van der Waals surface area contributed by atoms with Crippen LogP contribution in [-0.4, -0.2) is 49.9 Å². The number of carbonyl (C=O) groups excluding carboxylic acids is 1. The highest BCUT2D eigenvalue weighted by Gasteiger charge is 2.24. The highest BCUT2D eigenvalue weighted by atomic mass is 16.2. The first kappa shape index (κ1) is 15.4. The van der Waals surface area contributed by atoms with Crippen LogP contribution < -0.4 is 0 Å². The number of hydrogen-bond acceptors (Lipinski definition) is 2. The van der Waals surface area contributed by atoms with E-state index in [0.717, 1.165) is 19.5 Å². The second-order valence-corrected chi connectivity index (χ2v) is 6.13. The molecule has 0 aromatic rings. The summed E-state index contributed by atoms with van der Waals surface area (Å²) >= 11 is 0. The number of rotatable bonds is 5. The summed E-state index contributed by atoms with van der Waals surface area (Å²) in [6.45, 7) is 10.1. The van der Waals surface area contributed by atoms with Crippen LogP contribution in [0, 0.1) is 11.3 Å². The Balaban J connectivity index is 3.98. The summed E-state index contributed by atoms with van der Waals surface area (Å²) in [4.78, 5) is 16.0. The van der Waals surface area contributed by atoms with Crippen LogP contribution in [0.3, 0.4) is 0 Å². The van der Waals surface area contributed by atoms with E-state index in [2.05, 4.69) is 25.9 Å². The van der Waals surface area contributed by atoms with E-state index in [4.69, 9.17) is 0 Å². The first-order chi connectivity index (χ1) is 7.14. The monoisotopic (exact) mass is 228 g/mol. The highest BCUT2D eigenvalue weighted by molar-refractivity contribution is 5.81. The largest absolute Gasteiger partial charge is 0.345 e. The van der Waals surface area contributed by atoms with Crippen molar-refractivity contribution in [3.05, 3.63) is 0 Å². The molecule has 3 heteroatoms. The molecule has 1 atom stereocenters. The van der Waals surface area contributed by atoms with Crippen molar-refractivity contribution in [3.8, 4) is 0 Å². The Morgan fingerprint density at radius 3 is 2.06 bits per heavy atom. The molecule has 0 aliphatic carbocycles. The second kappa shape index (κ2) is 6.24. The van der Waals surface area contributed by atoms with Crippen molar-refractivity contribution < 1.29 is 4.79 Å². The summed E-state index contributed by atoms with van der Waals surface area (Å²) < 4.78 is 0. The van der Waals surface area contributed by atoms with Gasteiger partial charge < -0.3 is 9.80 Å². The van der Waals surface area contributed by atoms with Crippen LogP contribution in [0.25, 0.3) is 0 Å². The van der Waals surface area contributed by atoms with Gasteiger partial charge in [-0.1, -0.05) is 27.7 Å². The lowest BCUT2D eigenvalue weighted by atomic mass is 9.94. The van der Waals surface area contributed by atoms with Crippen LogP contribution in [0.4, 0.5) is 0 Å². The van der Waals surface area contributed by atoms with Gasteiger partial charge in [0.25, 0.3) is 0 Å². The molecule has 0 aliphatic rings. The van der Waals surface area contributed by atoms with Crippen LogP contribution in [0.1, 0.15) is 34.1 Å². The standard InChI is InChI=1S/C13H28N2O/c1-11(10-14(5)6)8-9-15(7)12(16)13(2,3)4/h11H,8-10H2,1-7H3. The molecule has 0 saturated heterocycles. The summed E-state index contributed by atoms with van der Waals surface area (Å²) in [5.74, 6) is 0.856. The topological polar surface area (TPSA) is 23.6 Å². The number of nitrogens with zero attached hydrogens (tertiary/aromatic N) is 2. The first-order valence-electron chi connectivity index (χ1n) is 6.05. The van der Waals surface area contributed by atoms with E-state index < -0.39 is 0 Å². The molecule has 1 unspecified atom stereocenters. The molecule has 96 valence electrons. The molecule has 0 N–H and O–H groups in total. The van der Waals surface area contributed by atoms with E-state index in [1.54, 1.807) is 0 Å². The molecule has 0 aliphatic heterocycles. The molecule has 0 rings (SSSR count). The molecule has 0 spiro atoms. The van der Waals surface area contributed by atoms with Crippen molar-refractivity contribution in [2.24, 2.45) is 11.3 Å². The highest BCUT2D eigenvalue weighted by Crippen LogP contribution is 2.17. The van der Waals surface area contributed by atoms with Crippen LogP contribution in [0.2, 0.25) is 0 Å². The average Bonchev–Trinajstić information content (AvgIpc) is 2.10. The molecule has 0 bridgehead atoms. The summed E-state index contributed by atoms with van der Waals surface area (Å²) in [6.07, 6.45) is 1.07. The average molecular weight is 228 g/mol. The van der Waals surface area contributed by atoms with E-state index in [1.165, 1.54) is 0 Å². The fourth-order valence-electron chi connectivity index (χ4n) is 1.80. The minimum Gasteiger partial charge on any atom is -0.345 e. The summed E-state index contributed by atoms with van der Waals surface area (Å²) in [7, 11) is 6.07. The van der Waals surface area contributed by atoms with Gasteiger partial charge in [-0.05, 0) is 26.4 Å². The summed E-state index contributed by atoms with van der Waals surface area (Å²) in [5, 5.41) is 0. The predicted octanol–water partition coefficient (Wildman–Crippen LogP) is 2.08. The Kier molecular flexibility index (Phi) is 6.01. The van der Waals surface area contributed by atoms with Crippen LogP contribution >= 0.6 is 0 Å². The Hall–Kier alpha value is -0.570. The molecule has 0 aromatic heterocycles. The molecule has 0 aromatic carbocycles. The van der Waals surface area contributed by atoms with Crippen LogP contribution in [0.15, 0.2) is 0 Å². The third-order valence-electron chi connectivity index (χ3n) is 2.62. The molecule has 0 radical (unpaired) electrons. The van der Waals surface area contributed by atoms with E-state index >= 15 is 0 Å². The van der Waals surface area contributed by atoms with Crippen molar-refractivity contribution >= 4 is 5.91 Å². The normalized spacial score (nSPS) is 14.0. The molecular weight excluding hydrogens is 200 g/mol. The lowest BCUT2D eigenvalue weighted by Crippen LogP contribution is -2.38. The van der Waals surface area contributed by atoms with Crippen LogP contribution in [0.5, 0.6) is 0 Å². The van der Waals surface area contributed by atoms with Gasteiger partial charge in [-0.25, -0.2) is 0 Å². The van der Waals surface area contributed by atoms with Gasteiger partial charge in [0.2, 0.25) is 5.91 Å². The Morgan fingerprint density at radius 2 is 1.69 bits per heavy atom. The fraction of sp³-hybridized carbons (Fsp3) is 0.923. The van der Waals surface area contributed by atoms with Crippen molar-refractivity contribution in [2.45, 2.75) is 34.1 Å². The predicted molar refractivity (Wildman–Crippen MR) is 69.4 cm³/mol. The molecule has 16 heavy (non-hydrogen) atoms. The zero-order valence-electron chi connectivity index (χ0n) is 12.0. The first-order valence-corrected chi connectivity index (χ1v) is 6.05. The summed E-state index contributed by atoms with van der Waals surface area (Å²) in [6, 6.07) is 0. The minimum atomic E-state index is -0.264. The SMILES string of the molecule is CC(CCN(C)C(=O)C(C)(C)C)CN(C)C. The van der Waals surface area contributed by atoms with Crippen molar-refractivity contribution in [1.29, 1.82) is 0 Å². The lowest BCUT2D eigenvalue weighted by Gasteiger charge is -2.27. The Morgan fingerprint density at radius 1 is 1.19 bits per heavy atom. The molecule has 0 heterocycles. The van der Waals surface area contributed by atoms with Gasteiger partial charge in [-0.15, -0.1) is 0 Å². The number of carbonyl (C=O) groups is 1. The van der Waals surface area contributed by atoms with Gasteiger partial charge in [0.15, 0.2) is 0 Å². The maximum Gasteiger partial charge on any atom is 0.227 e. The van der Waals surface area contributed by atoms with Crippen LogP contribution in [-0.2, 0) is 4.79 Å². The zero-order valence-corrected chi connectivity index (χ0v) is 12.0. The quantitative estimate of drug-likeness (QED) is 0.719. The van der Waals surface area contributed by atoms with E-state index in [9.17, 15) is 4.79 Å². The fourth-order valence-corrected chi connectivity index (χ4v) is 1.80. The molecule has 0 saturated carbocycles. The minimum absolute atomic E-state index is 0.226. The number of hydrogen-bond donors (Lipinski definition) is 0. The lowest BCUT2D eigenvalue weighted by molar-refractivity contribution is -0.138. The maximum atomic E-state index is 11.9. The second-order valence-electron chi connectivity index (χ2n) is 6.13. The van der Waals surface area contributed by atoms with E-state index in [-0.39, 0.29) is 11.3 Å². The maximum absolute atomic E-state index is 11.9.